The Morgan fingerprint density at radius 2 is 1.88 bits per heavy atom. The molecular formula is C21H25N7O3S. The van der Waals surface area contributed by atoms with Crippen LogP contribution in [0.3, 0.4) is 0 Å². The number of rotatable bonds is 6. The Morgan fingerprint density at radius 1 is 1.09 bits per heavy atom. The average Bonchev–Trinajstić information content (AvgIpc) is 2.80. The molecule has 0 saturated carbocycles. The van der Waals surface area contributed by atoms with E-state index in [0.717, 1.165) is 5.56 Å². The van der Waals surface area contributed by atoms with Crippen molar-refractivity contribution in [3.05, 3.63) is 48.7 Å². The Kier molecular flexibility index (Phi) is 6.21. The maximum atomic E-state index is 12.5. The molecule has 0 aliphatic carbocycles. The van der Waals surface area contributed by atoms with Gasteiger partial charge in [0.15, 0.2) is 0 Å². The van der Waals surface area contributed by atoms with E-state index in [9.17, 15) is 8.42 Å². The summed E-state index contributed by atoms with van der Waals surface area (Å²) in [5.41, 5.74) is 7.79. The molecule has 0 amide bonds. The van der Waals surface area contributed by atoms with Gasteiger partial charge < -0.3 is 20.7 Å². The van der Waals surface area contributed by atoms with Crippen LogP contribution in [-0.2, 0) is 14.8 Å². The van der Waals surface area contributed by atoms with Crippen LogP contribution >= 0.6 is 0 Å². The number of sulfonamides is 1. The van der Waals surface area contributed by atoms with Gasteiger partial charge in [0.1, 0.15) is 11.6 Å². The molecule has 1 saturated heterocycles. The number of hydrogen-bond acceptors (Lipinski definition) is 9. The highest BCUT2D eigenvalue weighted by atomic mass is 32.2. The van der Waals surface area contributed by atoms with Gasteiger partial charge in [-0.05, 0) is 30.3 Å². The second-order valence-electron chi connectivity index (χ2n) is 7.45. The van der Waals surface area contributed by atoms with Gasteiger partial charge in [0.05, 0.1) is 23.8 Å². The zero-order valence-corrected chi connectivity index (χ0v) is 18.7. The van der Waals surface area contributed by atoms with Crippen LogP contribution in [0.4, 0.5) is 23.3 Å². The Morgan fingerprint density at radius 3 is 2.56 bits per heavy atom. The Bertz CT molecular complexity index is 1190. The summed E-state index contributed by atoms with van der Waals surface area (Å²) < 4.78 is 31.6. The third-order valence-corrected chi connectivity index (χ3v) is 6.79. The van der Waals surface area contributed by atoms with Crippen molar-refractivity contribution in [2.75, 3.05) is 56.3 Å². The Balaban J connectivity index is 1.71. The lowest BCUT2D eigenvalue weighted by Crippen LogP contribution is -2.37. The van der Waals surface area contributed by atoms with Gasteiger partial charge in [-0.25, -0.2) is 22.7 Å². The summed E-state index contributed by atoms with van der Waals surface area (Å²) in [5.74, 6) is 1.52. The Hall–Kier alpha value is -3.28. The molecule has 32 heavy (non-hydrogen) atoms. The number of nitrogens with zero attached hydrogens (tertiary/aromatic N) is 5. The van der Waals surface area contributed by atoms with Crippen LogP contribution in [-0.4, -0.2) is 68.1 Å². The van der Waals surface area contributed by atoms with Gasteiger partial charge >= 0.3 is 0 Å². The summed E-state index contributed by atoms with van der Waals surface area (Å²) in [4.78, 5) is 15.8. The lowest BCUT2D eigenvalue weighted by atomic mass is 10.2. The quantitative estimate of drug-likeness (QED) is 0.573. The van der Waals surface area contributed by atoms with E-state index >= 15 is 0 Å². The molecule has 3 N–H and O–H groups in total. The van der Waals surface area contributed by atoms with Crippen molar-refractivity contribution in [2.24, 2.45) is 0 Å². The molecule has 1 aromatic carbocycles. The van der Waals surface area contributed by atoms with Crippen molar-refractivity contribution >= 4 is 33.3 Å². The minimum absolute atomic E-state index is 0.193. The van der Waals surface area contributed by atoms with E-state index in [-0.39, 0.29) is 4.90 Å². The van der Waals surface area contributed by atoms with Crippen molar-refractivity contribution in [2.45, 2.75) is 4.90 Å². The number of nitrogen functional groups attached to an aromatic ring is 1. The zero-order chi connectivity index (χ0) is 22.7. The largest absolute Gasteiger partial charge is 0.384 e. The third-order valence-electron chi connectivity index (χ3n) is 4.98. The summed E-state index contributed by atoms with van der Waals surface area (Å²) in [6.45, 7) is 2.56. The van der Waals surface area contributed by atoms with Gasteiger partial charge in [-0.1, -0.05) is 6.07 Å². The monoisotopic (exact) mass is 455 g/mol. The van der Waals surface area contributed by atoms with Gasteiger partial charge in [-0.3, -0.25) is 0 Å². The highest BCUT2D eigenvalue weighted by Gasteiger charge is 2.19. The van der Waals surface area contributed by atoms with E-state index in [1.54, 1.807) is 42.6 Å². The van der Waals surface area contributed by atoms with Crippen molar-refractivity contribution in [1.29, 1.82) is 0 Å². The number of anilines is 4. The Labute approximate surface area is 187 Å². The molecule has 10 nitrogen and oxygen atoms in total. The second kappa shape index (κ2) is 9.07. The highest BCUT2D eigenvalue weighted by molar-refractivity contribution is 7.89. The number of nitrogens with one attached hydrogen (secondary N) is 1. The standard InChI is InChI=1S/C21H25N7O3S/c1-27(2)32(29,30)17-5-3-4-16(12-17)24-20-13-18(15-6-7-19(22)23-14-15)25-21(26-20)28-8-10-31-11-9-28/h3-7,12-14H,8-11H2,1-2H3,(H2,22,23)(H,24,25,26). The van der Waals surface area contributed by atoms with E-state index in [0.29, 0.717) is 55.3 Å². The molecule has 3 heterocycles. The topological polar surface area (TPSA) is 127 Å². The predicted molar refractivity (Wildman–Crippen MR) is 123 cm³/mol. The van der Waals surface area contributed by atoms with Crippen molar-refractivity contribution in [3.8, 4) is 11.3 Å². The van der Waals surface area contributed by atoms with E-state index in [1.807, 2.05) is 6.07 Å². The van der Waals surface area contributed by atoms with Gasteiger partial charge in [-0.15, -0.1) is 0 Å². The van der Waals surface area contributed by atoms with Crippen LogP contribution in [0.2, 0.25) is 0 Å². The van der Waals surface area contributed by atoms with Gasteiger partial charge in [0.25, 0.3) is 0 Å². The number of ether oxygens (including phenoxy) is 1. The molecule has 0 spiro atoms. The van der Waals surface area contributed by atoms with Crippen molar-refractivity contribution in [3.63, 3.8) is 0 Å². The van der Waals surface area contributed by atoms with Crippen LogP contribution < -0.4 is 16.0 Å². The molecule has 0 bridgehead atoms. The first kappa shape index (κ1) is 21.9. The van der Waals surface area contributed by atoms with Crippen LogP contribution in [0.15, 0.2) is 53.6 Å². The molecular weight excluding hydrogens is 430 g/mol. The van der Waals surface area contributed by atoms with E-state index in [1.165, 1.54) is 18.4 Å². The van der Waals surface area contributed by atoms with Crippen LogP contribution in [0.5, 0.6) is 0 Å². The number of hydrogen-bond donors (Lipinski definition) is 2. The normalized spacial score (nSPS) is 14.5. The summed E-state index contributed by atoms with van der Waals surface area (Å²) >= 11 is 0. The molecule has 0 radical (unpaired) electrons. The molecule has 1 fully saturated rings. The number of nitrogens with two attached hydrogens (primary N) is 1. The fraction of sp³-hybridized carbons (Fsp3) is 0.286. The number of benzene rings is 1. The fourth-order valence-corrected chi connectivity index (χ4v) is 4.15. The minimum Gasteiger partial charge on any atom is -0.384 e. The van der Waals surface area contributed by atoms with Gasteiger partial charge in [0.2, 0.25) is 16.0 Å². The van der Waals surface area contributed by atoms with Crippen LogP contribution in [0, 0.1) is 0 Å². The van der Waals surface area contributed by atoms with Gasteiger partial charge in [-0.2, -0.15) is 4.98 Å². The molecule has 0 atom stereocenters. The third kappa shape index (κ3) is 4.79. The average molecular weight is 456 g/mol. The van der Waals surface area contributed by atoms with Crippen LogP contribution in [0.1, 0.15) is 0 Å². The van der Waals surface area contributed by atoms with Gasteiger partial charge in [0, 0.05) is 50.7 Å². The van der Waals surface area contributed by atoms with E-state index < -0.39 is 10.0 Å². The summed E-state index contributed by atoms with van der Waals surface area (Å²) in [7, 11) is -0.551. The van der Waals surface area contributed by atoms with E-state index in [4.69, 9.17) is 15.5 Å². The molecule has 0 unspecified atom stereocenters. The molecule has 168 valence electrons. The minimum atomic E-state index is -3.55. The number of morpholine rings is 1. The maximum Gasteiger partial charge on any atom is 0.242 e. The van der Waals surface area contributed by atoms with Crippen LogP contribution in [0.25, 0.3) is 11.3 Å². The SMILES string of the molecule is CN(C)S(=O)(=O)c1cccc(Nc2cc(-c3ccc(N)nc3)nc(N3CCOCC3)n2)c1. The first-order valence-corrected chi connectivity index (χ1v) is 11.5. The first-order chi connectivity index (χ1) is 15.3. The second-order valence-corrected chi connectivity index (χ2v) is 9.60. The lowest BCUT2D eigenvalue weighted by Gasteiger charge is -2.27. The van der Waals surface area contributed by atoms with E-state index in [2.05, 4.69) is 20.2 Å². The molecule has 2 aromatic heterocycles. The predicted octanol–water partition coefficient (Wildman–Crippen LogP) is 1.95. The summed E-state index contributed by atoms with van der Waals surface area (Å²) in [5, 5.41) is 3.22. The molecule has 11 heteroatoms. The molecule has 1 aliphatic heterocycles. The molecule has 3 aromatic rings. The number of aromatic nitrogens is 3. The first-order valence-electron chi connectivity index (χ1n) is 10.1. The molecule has 4 rings (SSSR count). The summed E-state index contributed by atoms with van der Waals surface area (Å²) in [6, 6.07) is 12.0. The lowest BCUT2D eigenvalue weighted by molar-refractivity contribution is 0.122. The maximum absolute atomic E-state index is 12.5. The van der Waals surface area contributed by atoms with Crippen molar-refractivity contribution in [1.82, 2.24) is 19.3 Å². The molecule has 1 aliphatic rings. The highest BCUT2D eigenvalue weighted by Crippen LogP contribution is 2.26. The number of pyridine rings is 1. The fourth-order valence-electron chi connectivity index (χ4n) is 3.20. The van der Waals surface area contributed by atoms with Crippen molar-refractivity contribution < 1.29 is 13.2 Å². The smallest absolute Gasteiger partial charge is 0.242 e. The zero-order valence-electron chi connectivity index (χ0n) is 17.9. The summed E-state index contributed by atoms with van der Waals surface area (Å²) in [6.07, 6.45) is 1.66.